The highest BCUT2D eigenvalue weighted by atomic mass is 16.5. The summed E-state index contributed by atoms with van der Waals surface area (Å²) in [7, 11) is 0. The Morgan fingerprint density at radius 2 is 2.16 bits per heavy atom. The minimum Gasteiger partial charge on any atom is -0.434 e. The van der Waals surface area contributed by atoms with Crippen LogP contribution in [0, 0.1) is 0 Å². The number of hydrogen-bond donors (Lipinski definition) is 1. The van der Waals surface area contributed by atoms with Gasteiger partial charge < -0.3 is 10.1 Å². The lowest BCUT2D eigenvalue weighted by Gasteiger charge is -2.08. The summed E-state index contributed by atoms with van der Waals surface area (Å²) < 4.78 is 7.42. The lowest BCUT2D eigenvalue weighted by Crippen LogP contribution is -2.22. The second kappa shape index (κ2) is 6.29. The summed E-state index contributed by atoms with van der Waals surface area (Å²) in [6, 6.07) is 0.411. The van der Waals surface area contributed by atoms with E-state index in [-0.39, 0.29) is 0 Å². The van der Waals surface area contributed by atoms with Crippen molar-refractivity contribution in [1.82, 2.24) is 25.1 Å². The van der Waals surface area contributed by atoms with Crippen molar-refractivity contribution in [3.63, 3.8) is 0 Å². The van der Waals surface area contributed by atoms with E-state index < -0.39 is 0 Å². The van der Waals surface area contributed by atoms with E-state index in [2.05, 4.69) is 34.2 Å². The van der Waals surface area contributed by atoms with E-state index in [0.29, 0.717) is 24.2 Å². The van der Waals surface area contributed by atoms with Crippen molar-refractivity contribution in [2.45, 2.75) is 39.9 Å². The van der Waals surface area contributed by atoms with Crippen LogP contribution in [0.3, 0.4) is 0 Å². The molecule has 6 nitrogen and oxygen atoms in total. The van der Waals surface area contributed by atoms with Crippen molar-refractivity contribution in [3.8, 4) is 11.6 Å². The van der Waals surface area contributed by atoms with Gasteiger partial charge in [0.05, 0.1) is 24.3 Å². The number of aryl methyl sites for hydroxylation is 1. The van der Waals surface area contributed by atoms with Gasteiger partial charge in [0, 0.05) is 25.3 Å². The highest BCUT2D eigenvalue weighted by Crippen LogP contribution is 2.17. The molecule has 0 aliphatic carbocycles. The number of rotatable bonds is 6. The van der Waals surface area contributed by atoms with Gasteiger partial charge in [-0.05, 0) is 6.92 Å². The van der Waals surface area contributed by atoms with Gasteiger partial charge in [-0.1, -0.05) is 13.8 Å². The Morgan fingerprint density at radius 3 is 2.84 bits per heavy atom. The molecule has 0 saturated carbocycles. The van der Waals surface area contributed by atoms with Crippen molar-refractivity contribution >= 4 is 0 Å². The molecule has 2 aromatic rings. The SMILES string of the molecule is CCn1cc(Oc2cncc(CNC(C)C)n2)cn1. The molecule has 2 aromatic heterocycles. The van der Waals surface area contributed by atoms with Gasteiger partial charge >= 0.3 is 0 Å². The predicted molar refractivity (Wildman–Crippen MR) is 72.0 cm³/mol. The smallest absolute Gasteiger partial charge is 0.238 e. The number of nitrogens with zero attached hydrogens (tertiary/aromatic N) is 4. The first kappa shape index (κ1) is 13.5. The lowest BCUT2D eigenvalue weighted by molar-refractivity contribution is 0.454. The normalized spacial score (nSPS) is 10.9. The Labute approximate surface area is 112 Å². The van der Waals surface area contributed by atoms with E-state index >= 15 is 0 Å². The topological polar surface area (TPSA) is 64.9 Å². The lowest BCUT2D eigenvalue weighted by atomic mass is 10.3. The summed E-state index contributed by atoms with van der Waals surface area (Å²) in [6.07, 6.45) is 6.84. The van der Waals surface area contributed by atoms with Gasteiger partial charge in [-0.2, -0.15) is 5.10 Å². The molecule has 0 fully saturated rings. The molecule has 6 heteroatoms. The summed E-state index contributed by atoms with van der Waals surface area (Å²) in [6.45, 7) is 7.69. The average Bonchev–Trinajstić information content (AvgIpc) is 2.84. The van der Waals surface area contributed by atoms with Crippen LogP contribution in [0.25, 0.3) is 0 Å². The zero-order valence-corrected chi connectivity index (χ0v) is 11.5. The third kappa shape index (κ3) is 4.03. The number of ether oxygens (including phenoxy) is 1. The van der Waals surface area contributed by atoms with Crippen LogP contribution in [0.4, 0.5) is 0 Å². The molecule has 0 saturated heterocycles. The van der Waals surface area contributed by atoms with Crippen LogP contribution in [0.5, 0.6) is 11.6 Å². The molecule has 0 radical (unpaired) electrons. The van der Waals surface area contributed by atoms with Gasteiger partial charge in [0.25, 0.3) is 0 Å². The quantitative estimate of drug-likeness (QED) is 0.861. The van der Waals surface area contributed by atoms with E-state index in [9.17, 15) is 0 Å². The highest BCUT2D eigenvalue weighted by molar-refractivity contribution is 5.20. The Bertz CT molecular complexity index is 523. The monoisotopic (exact) mass is 261 g/mol. The second-order valence-corrected chi connectivity index (χ2v) is 4.52. The fourth-order valence-electron chi connectivity index (χ4n) is 1.52. The molecule has 0 aromatic carbocycles. The molecule has 0 spiro atoms. The van der Waals surface area contributed by atoms with Gasteiger partial charge in [-0.3, -0.25) is 9.67 Å². The predicted octanol–water partition coefficient (Wildman–Crippen LogP) is 1.98. The molecule has 0 aliphatic rings. The van der Waals surface area contributed by atoms with Gasteiger partial charge in [-0.25, -0.2) is 4.98 Å². The second-order valence-electron chi connectivity index (χ2n) is 4.52. The molecule has 19 heavy (non-hydrogen) atoms. The molecule has 0 amide bonds. The maximum Gasteiger partial charge on any atom is 0.238 e. The van der Waals surface area contributed by atoms with Crippen molar-refractivity contribution < 1.29 is 4.74 Å². The van der Waals surface area contributed by atoms with E-state index in [1.54, 1.807) is 23.3 Å². The molecule has 0 unspecified atom stereocenters. The maximum atomic E-state index is 5.62. The zero-order valence-electron chi connectivity index (χ0n) is 11.5. The first-order valence-corrected chi connectivity index (χ1v) is 6.42. The van der Waals surface area contributed by atoms with Crippen LogP contribution in [-0.4, -0.2) is 25.8 Å². The van der Waals surface area contributed by atoms with Crippen LogP contribution >= 0.6 is 0 Å². The van der Waals surface area contributed by atoms with Crippen LogP contribution in [-0.2, 0) is 13.1 Å². The molecule has 1 N–H and O–H groups in total. The van der Waals surface area contributed by atoms with Crippen molar-refractivity contribution in [2.24, 2.45) is 0 Å². The summed E-state index contributed by atoms with van der Waals surface area (Å²) in [5, 5.41) is 7.44. The number of aromatic nitrogens is 4. The van der Waals surface area contributed by atoms with Gasteiger partial charge in [-0.15, -0.1) is 0 Å². The first-order chi connectivity index (χ1) is 9.17. The highest BCUT2D eigenvalue weighted by Gasteiger charge is 2.04. The van der Waals surface area contributed by atoms with Gasteiger partial charge in [0.15, 0.2) is 5.75 Å². The van der Waals surface area contributed by atoms with Crippen LogP contribution < -0.4 is 10.1 Å². The zero-order chi connectivity index (χ0) is 13.7. The average molecular weight is 261 g/mol. The molecule has 0 atom stereocenters. The Morgan fingerprint density at radius 1 is 1.32 bits per heavy atom. The molecule has 2 rings (SSSR count). The first-order valence-electron chi connectivity index (χ1n) is 6.42. The summed E-state index contributed by atoms with van der Waals surface area (Å²) in [5.74, 6) is 1.16. The Kier molecular flexibility index (Phi) is 4.46. The van der Waals surface area contributed by atoms with Crippen molar-refractivity contribution in [1.29, 1.82) is 0 Å². The molecular weight excluding hydrogens is 242 g/mol. The third-order valence-electron chi connectivity index (χ3n) is 2.51. The molecule has 0 bridgehead atoms. The standard InChI is InChI=1S/C13H19N5O/c1-4-18-9-12(7-16-18)19-13-8-14-5-11(17-13)6-15-10(2)3/h5,7-10,15H,4,6H2,1-3H3. The molecular formula is C13H19N5O. The van der Waals surface area contributed by atoms with Crippen LogP contribution in [0.2, 0.25) is 0 Å². The minimum absolute atomic E-state index is 0.411. The Hall–Kier alpha value is -1.95. The van der Waals surface area contributed by atoms with Crippen LogP contribution in [0.15, 0.2) is 24.8 Å². The van der Waals surface area contributed by atoms with E-state index in [4.69, 9.17) is 4.74 Å². The van der Waals surface area contributed by atoms with E-state index in [1.807, 2.05) is 13.1 Å². The van der Waals surface area contributed by atoms with E-state index in [0.717, 1.165) is 12.2 Å². The van der Waals surface area contributed by atoms with Gasteiger partial charge in [0.2, 0.25) is 5.88 Å². The fourth-order valence-corrected chi connectivity index (χ4v) is 1.52. The van der Waals surface area contributed by atoms with Crippen molar-refractivity contribution in [2.75, 3.05) is 0 Å². The minimum atomic E-state index is 0.411. The van der Waals surface area contributed by atoms with E-state index in [1.165, 1.54) is 0 Å². The molecule has 2 heterocycles. The largest absolute Gasteiger partial charge is 0.434 e. The van der Waals surface area contributed by atoms with Gasteiger partial charge in [0.1, 0.15) is 0 Å². The summed E-state index contributed by atoms with van der Waals surface area (Å²) >= 11 is 0. The fraction of sp³-hybridized carbons (Fsp3) is 0.462. The summed E-state index contributed by atoms with van der Waals surface area (Å²) in [4.78, 5) is 8.52. The van der Waals surface area contributed by atoms with Crippen LogP contribution in [0.1, 0.15) is 26.5 Å². The molecule has 102 valence electrons. The molecule has 0 aliphatic heterocycles. The number of nitrogens with one attached hydrogen (secondary N) is 1. The van der Waals surface area contributed by atoms with Crippen molar-refractivity contribution in [3.05, 3.63) is 30.5 Å². The third-order valence-corrected chi connectivity index (χ3v) is 2.51. The Balaban J connectivity index is 2.02. The summed E-state index contributed by atoms with van der Waals surface area (Å²) in [5.41, 5.74) is 0.856. The number of hydrogen-bond acceptors (Lipinski definition) is 5. The maximum absolute atomic E-state index is 5.62.